The summed E-state index contributed by atoms with van der Waals surface area (Å²) in [6.45, 7) is 4.19. The second kappa shape index (κ2) is 6.82. The highest BCUT2D eigenvalue weighted by Crippen LogP contribution is 2.32. The SMILES string of the molecule is Cc1c(CCNC(=O)N(C)Cc2ncon2)c2cccc3c2n1CCC3. The summed E-state index contributed by atoms with van der Waals surface area (Å²) in [7, 11) is 1.72. The number of nitrogens with zero attached hydrogens (tertiary/aromatic N) is 4. The maximum Gasteiger partial charge on any atom is 0.317 e. The van der Waals surface area contributed by atoms with Crippen molar-refractivity contribution in [3.05, 3.63) is 47.2 Å². The predicted octanol–water partition coefficient (Wildman–Crippen LogP) is 2.66. The highest BCUT2D eigenvalue weighted by atomic mass is 16.5. The number of para-hydroxylation sites is 1. The summed E-state index contributed by atoms with van der Waals surface area (Å²) in [4.78, 5) is 17.7. The first kappa shape index (κ1) is 16.6. The van der Waals surface area contributed by atoms with Crippen molar-refractivity contribution in [2.75, 3.05) is 13.6 Å². The molecule has 0 aliphatic carbocycles. The quantitative estimate of drug-likeness (QED) is 0.765. The summed E-state index contributed by atoms with van der Waals surface area (Å²) in [5.41, 5.74) is 5.48. The number of hydrogen-bond acceptors (Lipinski definition) is 4. The van der Waals surface area contributed by atoms with Crippen LogP contribution in [0, 0.1) is 6.92 Å². The van der Waals surface area contributed by atoms with Gasteiger partial charge in [0.1, 0.15) is 0 Å². The van der Waals surface area contributed by atoms with E-state index in [9.17, 15) is 4.79 Å². The van der Waals surface area contributed by atoms with Crippen LogP contribution in [0.1, 0.15) is 29.1 Å². The molecule has 4 rings (SSSR count). The van der Waals surface area contributed by atoms with Gasteiger partial charge in [-0.1, -0.05) is 23.4 Å². The van der Waals surface area contributed by atoms with Crippen LogP contribution >= 0.6 is 0 Å². The van der Waals surface area contributed by atoms with Crippen LogP contribution in [0.4, 0.5) is 4.79 Å². The lowest BCUT2D eigenvalue weighted by Gasteiger charge is -2.16. The molecule has 1 N–H and O–H groups in total. The first-order valence-electron chi connectivity index (χ1n) is 8.99. The van der Waals surface area contributed by atoms with Gasteiger partial charge >= 0.3 is 6.03 Å². The maximum atomic E-state index is 12.3. The van der Waals surface area contributed by atoms with Crippen molar-refractivity contribution in [3.8, 4) is 0 Å². The molecule has 26 heavy (non-hydrogen) atoms. The first-order chi connectivity index (χ1) is 12.6. The van der Waals surface area contributed by atoms with E-state index in [-0.39, 0.29) is 6.03 Å². The lowest BCUT2D eigenvalue weighted by Crippen LogP contribution is -2.38. The Balaban J connectivity index is 1.43. The largest absolute Gasteiger partial charge is 0.344 e. The highest BCUT2D eigenvalue weighted by Gasteiger charge is 2.19. The summed E-state index contributed by atoms with van der Waals surface area (Å²) < 4.78 is 7.13. The fourth-order valence-corrected chi connectivity index (χ4v) is 3.88. The van der Waals surface area contributed by atoms with Crippen molar-refractivity contribution in [1.82, 2.24) is 24.9 Å². The van der Waals surface area contributed by atoms with Crippen molar-refractivity contribution in [2.24, 2.45) is 0 Å². The predicted molar refractivity (Wildman–Crippen MR) is 97.9 cm³/mol. The number of nitrogens with one attached hydrogen (secondary N) is 1. The van der Waals surface area contributed by atoms with Gasteiger partial charge in [-0.2, -0.15) is 4.98 Å². The van der Waals surface area contributed by atoms with Crippen LogP contribution in [0.15, 0.2) is 29.1 Å². The van der Waals surface area contributed by atoms with E-state index in [2.05, 4.69) is 45.1 Å². The Morgan fingerprint density at radius 2 is 2.31 bits per heavy atom. The van der Waals surface area contributed by atoms with Gasteiger partial charge in [-0.3, -0.25) is 0 Å². The Morgan fingerprint density at radius 1 is 1.42 bits per heavy atom. The Hall–Kier alpha value is -2.83. The highest BCUT2D eigenvalue weighted by molar-refractivity contribution is 5.88. The third-order valence-corrected chi connectivity index (χ3v) is 5.17. The molecule has 0 unspecified atom stereocenters. The molecule has 136 valence electrons. The minimum atomic E-state index is -0.138. The lowest BCUT2D eigenvalue weighted by atomic mass is 10.0. The number of amides is 2. The fourth-order valence-electron chi connectivity index (χ4n) is 3.88. The standard InChI is InChI=1S/C19H23N5O2/c1-13-15(16-7-3-5-14-6-4-10-24(13)18(14)16)8-9-20-19(25)23(2)11-17-21-12-26-22-17/h3,5,7,12H,4,6,8-11H2,1-2H3,(H,20,25). The number of hydrogen-bond donors (Lipinski definition) is 1. The van der Waals surface area contributed by atoms with Crippen molar-refractivity contribution < 1.29 is 9.32 Å². The van der Waals surface area contributed by atoms with Crippen LogP contribution in [-0.4, -0.2) is 39.2 Å². The van der Waals surface area contributed by atoms with E-state index in [0.29, 0.717) is 18.9 Å². The molecule has 0 saturated heterocycles. The minimum absolute atomic E-state index is 0.138. The first-order valence-corrected chi connectivity index (χ1v) is 8.99. The molecule has 0 atom stereocenters. The molecule has 1 aliphatic rings. The number of urea groups is 1. The van der Waals surface area contributed by atoms with Crippen molar-refractivity contribution >= 4 is 16.9 Å². The number of carbonyl (C=O) groups excluding carboxylic acids is 1. The molecule has 7 nitrogen and oxygen atoms in total. The van der Waals surface area contributed by atoms with E-state index in [0.717, 1.165) is 19.4 Å². The van der Waals surface area contributed by atoms with Gasteiger partial charge < -0.3 is 19.3 Å². The van der Waals surface area contributed by atoms with E-state index in [1.54, 1.807) is 11.9 Å². The van der Waals surface area contributed by atoms with Gasteiger partial charge in [-0.05, 0) is 37.3 Å². The molecule has 1 aromatic carbocycles. The average molecular weight is 353 g/mol. The molecule has 7 heteroatoms. The molecule has 0 radical (unpaired) electrons. The molecule has 0 spiro atoms. The fraction of sp³-hybridized carbons (Fsp3) is 0.421. The molecule has 3 heterocycles. The van der Waals surface area contributed by atoms with Gasteiger partial charge in [-0.25, -0.2) is 4.79 Å². The third kappa shape index (κ3) is 2.94. The Kier molecular flexibility index (Phi) is 4.36. The lowest BCUT2D eigenvalue weighted by molar-refractivity contribution is 0.205. The summed E-state index contributed by atoms with van der Waals surface area (Å²) in [6.07, 6.45) is 4.43. The van der Waals surface area contributed by atoms with E-state index in [4.69, 9.17) is 4.52 Å². The summed E-state index contributed by atoms with van der Waals surface area (Å²) >= 11 is 0. The van der Waals surface area contributed by atoms with Crippen LogP contribution in [0.3, 0.4) is 0 Å². The number of aromatic nitrogens is 3. The Bertz CT molecular complexity index is 929. The van der Waals surface area contributed by atoms with Gasteiger partial charge in [0, 0.05) is 31.2 Å². The molecule has 2 aromatic heterocycles. The van der Waals surface area contributed by atoms with Crippen molar-refractivity contribution in [3.63, 3.8) is 0 Å². The molecule has 0 saturated carbocycles. The topological polar surface area (TPSA) is 76.2 Å². The van der Waals surface area contributed by atoms with Crippen LogP contribution in [0.2, 0.25) is 0 Å². The molecule has 0 fully saturated rings. The summed E-state index contributed by atoms with van der Waals surface area (Å²) in [5.74, 6) is 0.493. The molecular formula is C19H23N5O2. The van der Waals surface area contributed by atoms with Gasteiger partial charge in [0.25, 0.3) is 0 Å². The van der Waals surface area contributed by atoms with Crippen LogP contribution in [-0.2, 0) is 25.9 Å². The maximum absolute atomic E-state index is 12.3. The van der Waals surface area contributed by atoms with Crippen LogP contribution in [0.25, 0.3) is 10.9 Å². The van der Waals surface area contributed by atoms with Gasteiger partial charge in [-0.15, -0.1) is 0 Å². The van der Waals surface area contributed by atoms with E-state index in [1.165, 1.54) is 40.5 Å². The smallest absolute Gasteiger partial charge is 0.317 e. The second-order valence-corrected chi connectivity index (χ2v) is 6.82. The molecule has 2 amide bonds. The van der Waals surface area contributed by atoms with Crippen molar-refractivity contribution in [1.29, 1.82) is 0 Å². The molecular weight excluding hydrogens is 330 g/mol. The van der Waals surface area contributed by atoms with Crippen molar-refractivity contribution in [2.45, 2.75) is 39.3 Å². The Labute approximate surface area is 152 Å². The summed E-state index contributed by atoms with van der Waals surface area (Å²) in [6, 6.07) is 6.44. The van der Waals surface area contributed by atoms with Crippen LogP contribution < -0.4 is 5.32 Å². The molecule has 3 aromatic rings. The zero-order chi connectivity index (χ0) is 18.1. The van der Waals surface area contributed by atoms with Gasteiger partial charge in [0.2, 0.25) is 6.39 Å². The number of benzene rings is 1. The van der Waals surface area contributed by atoms with E-state index in [1.807, 2.05) is 0 Å². The molecule has 0 bridgehead atoms. The van der Waals surface area contributed by atoms with Gasteiger partial charge in [0.15, 0.2) is 5.82 Å². The number of rotatable bonds is 5. The molecule has 1 aliphatic heterocycles. The Morgan fingerprint density at radius 3 is 3.12 bits per heavy atom. The number of aryl methyl sites for hydroxylation is 2. The minimum Gasteiger partial charge on any atom is -0.344 e. The van der Waals surface area contributed by atoms with E-state index >= 15 is 0 Å². The number of carbonyl (C=O) groups is 1. The summed E-state index contributed by atoms with van der Waals surface area (Å²) in [5, 5.41) is 8.04. The second-order valence-electron chi connectivity index (χ2n) is 6.82. The average Bonchev–Trinajstić information content (AvgIpc) is 3.25. The normalized spacial score (nSPS) is 13.2. The third-order valence-electron chi connectivity index (χ3n) is 5.17. The van der Waals surface area contributed by atoms with Crippen LogP contribution in [0.5, 0.6) is 0 Å². The van der Waals surface area contributed by atoms with E-state index < -0.39 is 0 Å². The monoisotopic (exact) mass is 353 g/mol. The zero-order valence-corrected chi connectivity index (χ0v) is 15.2. The zero-order valence-electron chi connectivity index (χ0n) is 15.2. The van der Waals surface area contributed by atoms with Gasteiger partial charge in [0.05, 0.1) is 12.1 Å².